The highest BCUT2D eigenvalue weighted by Gasteiger charge is 2.43. The summed E-state index contributed by atoms with van der Waals surface area (Å²) in [5.41, 5.74) is 9.50. The summed E-state index contributed by atoms with van der Waals surface area (Å²) in [4.78, 5) is 17.4. The molecule has 2 aliphatic heterocycles. The van der Waals surface area contributed by atoms with Crippen LogP contribution in [0.15, 0.2) is 120 Å². The topological polar surface area (TPSA) is 54.0 Å². The number of alkyl carbamates (subject to hydrolysis) is 1. The molecule has 6 heteroatoms. The second kappa shape index (κ2) is 15.9. The normalized spacial score (nSPS) is 20.5. The van der Waals surface area contributed by atoms with Crippen LogP contribution in [0.3, 0.4) is 0 Å². The first kappa shape index (κ1) is 39.0. The van der Waals surface area contributed by atoms with Gasteiger partial charge in [-0.3, -0.25) is 0 Å². The predicted molar refractivity (Wildman–Crippen MR) is 224 cm³/mol. The van der Waals surface area contributed by atoms with Gasteiger partial charge < -0.3 is 24.6 Å². The maximum absolute atomic E-state index is 12.3. The van der Waals surface area contributed by atoms with Crippen LogP contribution in [0.5, 0.6) is 5.75 Å². The molecule has 0 bridgehead atoms. The lowest BCUT2D eigenvalue weighted by molar-refractivity contribution is 0.0523. The van der Waals surface area contributed by atoms with E-state index >= 15 is 0 Å². The first-order valence-electron chi connectivity index (χ1n) is 20.0. The van der Waals surface area contributed by atoms with E-state index in [0.717, 1.165) is 62.3 Å². The molecule has 6 nitrogen and oxygen atoms in total. The van der Waals surface area contributed by atoms with E-state index in [1.807, 2.05) is 45.0 Å². The third-order valence-corrected chi connectivity index (χ3v) is 11.1. The van der Waals surface area contributed by atoms with Crippen LogP contribution >= 0.6 is 0 Å². The van der Waals surface area contributed by atoms with Crippen LogP contribution in [0, 0.1) is 0 Å². The van der Waals surface area contributed by atoms with Crippen molar-refractivity contribution in [3.63, 3.8) is 0 Å². The number of carbonyl (C=O) groups excluding carboxylic acids is 1. The van der Waals surface area contributed by atoms with E-state index in [9.17, 15) is 4.79 Å². The van der Waals surface area contributed by atoms with E-state index < -0.39 is 11.7 Å². The molecule has 0 saturated carbocycles. The smallest absolute Gasteiger partial charge is 0.407 e. The second-order valence-corrected chi connectivity index (χ2v) is 17.1. The second-order valence-electron chi connectivity index (χ2n) is 17.1. The fraction of sp³-hybridized carbons (Fsp3) is 0.438. The molecule has 3 aromatic carbocycles. The molecule has 0 spiro atoms. The molecule has 1 unspecified atom stereocenters. The zero-order chi connectivity index (χ0) is 38.7. The maximum Gasteiger partial charge on any atom is 0.407 e. The summed E-state index contributed by atoms with van der Waals surface area (Å²) in [5.74, 6) is 1.72. The number of para-hydroxylation sites is 2. The Morgan fingerprint density at radius 3 is 2.20 bits per heavy atom. The molecule has 1 aliphatic carbocycles. The van der Waals surface area contributed by atoms with Gasteiger partial charge in [0, 0.05) is 47.5 Å². The fourth-order valence-electron chi connectivity index (χ4n) is 8.44. The molecule has 286 valence electrons. The van der Waals surface area contributed by atoms with Crippen molar-refractivity contribution in [2.75, 3.05) is 22.9 Å². The van der Waals surface area contributed by atoms with E-state index in [0.29, 0.717) is 6.54 Å². The van der Waals surface area contributed by atoms with Crippen LogP contribution in [-0.4, -0.2) is 30.8 Å². The largest absolute Gasteiger partial charge is 0.457 e. The highest BCUT2D eigenvalue weighted by Crippen LogP contribution is 2.48. The van der Waals surface area contributed by atoms with E-state index in [-0.39, 0.29) is 16.9 Å². The van der Waals surface area contributed by atoms with Crippen molar-refractivity contribution in [1.29, 1.82) is 0 Å². The molecule has 0 radical (unpaired) electrons. The highest BCUT2D eigenvalue weighted by atomic mass is 16.6. The minimum atomic E-state index is -0.541. The van der Waals surface area contributed by atoms with Gasteiger partial charge in [-0.05, 0) is 111 Å². The lowest BCUT2D eigenvalue weighted by Crippen LogP contribution is -2.40. The Kier molecular flexibility index (Phi) is 11.5. The summed E-state index contributed by atoms with van der Waals surface area (Å²) in [6.07, 6.45) is 14.2. The molecule has 0 aromatic heterocycles. The van der Waals surface area contributed by atoms with Crippen LogP contribution in [0.1, 0.15) is 111 Å². The number of hydrogen-bond acceptors (Lipinski definition) is 5. The lowest BCUT2D eigenvalue weighted by Gasteiger charge is -2.32. The van der Waals surface area contributed by atoms with Gasteiger partial charge in [0.1, 0.15) is 17.1 Å². The van der Waals surface area contributed by atoms with Crippen LogP contribution < -0.4 is 19.9 Å². The lowest BCUT2D eigenvalue weighted by atomic mass is 9.80. The zero-order valence-electron chi connectivity index (χ0n) is 34.1. The number of nitrogens with one attached hydrogen (secondary N) is 1. The molecule has 3 aromatic rings. The highest BCUT2D eigenvalue weighted by molar-refractivity contribution is 5.71. The van der Waals surface area contributed by atoms with Crippen molar-refractivity contribution in [3.05, 3.63) is 136 Å². The first-order chi connectivity index (χ1) is 25.7. The van der Waals surface area contributed by atoms with Gasteiger partial charge in [0.2, 0.25) is 0 Å². The standard InChI is InChI=1S/C48H61N3O3/c1-10-31-50-40-21-14-12-19-38(40)47(6,7)42(50)29-25-35-17-16-18-36(26-30-43-48(8,9)39-20-13-15-22-41(39)51(43)32-11-2)44(35)53-37-27-23-34(24-28-37)33-49-45(52)54-46(3,4)5/h12-15,19-30,42H,10-11,16-18,31-33H2,1-9H3,(H,49,52)/b29-25+,36-26+,43-30+. The molecular weight excluding hydrogens is 667 g/mol. The number of fused-ring (bicyclic) bond motifs is 2. The fourth-order valence-corrected chi connectivity index (χ4v) is 8.44. The SMILES string of the molecule is CCCN1/C(=C/C=C2\CCCC(/C=C/C3N(CCC)c4ccccc4C3(C)C)=C2Oc2ccc(CNC(=O)OC(C)(C)C)cc2)C(C)(C)c2ccccc21. The van der Waals surface area contributed by atoms with Crippen molar-refractivity contribution in [2.24, 2.45) is 0 Å². The Morgan fingerprint density at radius 2 is 1.52 bits per heavy atom. The first-order valence-corrected chi connectivity index (χ1v) is 20.0. The van der Waals surface area contributed by atoms with Gasteiger partial charge in [0.25, 0.3) is 0 Å². The third kappa shape index (κ3) is 8.18. The maximum atomic E-state index is 12.3. The Balaban J connectivity index is 1.36. The number of nitrogens with zero attached hydrogens (tertiary/aromatic N) is 2. The zero-order valence-corrected chi connectivity index (χ0v) is 34.1. The monoisotopic (exact) mass is 727 g/mol. The average molecular weight is 728 g/mol. The van der Waals surface area contributed by atoms with Crippen molar-refractivity contribution >= 4 is 17.5 Å². The van der Waals surface area contributed by atoms with Crippen LogP contribution in [0.4, 0.5) is 16.2 Å². The Labute approximate surface area is 324 Å². The van der Waals surface area contributed by atoms with Crippen molar-refractivity contribution in [1.82, 2.24) is 5.32 Å². The van der Waals surface area contributed by atoms with Crippen LogP contribution in [0.25, 0.3) is 0 Å². The van der Waals surface area contributed by atoms with Crippen LogP contribution in [-0.2, 0) is 22.1 Å². The minimum Gasteiger partial charge on any atom is -0.457 e. The van der Waals surface area contributed by atoms with Gasteiger partial charge in [-0.25, -0.2) is 4.79 Å². The Bertz CT molecular complexity index is 1940. The van der Waals surface area contributed by atoms with Gasteiger partial charge in [0.05, 0.1) is 6.04 Å². The van der Waals surface area contributed by atoms with Gasteiger partial charge in [-0.1, -0.05) is 108 Å². The van der Waals surface area contributed by atoms with Gasteiger partial charge >= 0.3 is 6.09 Å². The van der Waals surface area contributed by atoms with Gasteiger partial charge in [-0.15, -0.1) is 0 Å². The number of hydrogen-bond donors (Lipinski definition) is 1. The molecule has 0 saturated heterocycles. The number of benzene rings is 3. The molecule has 1 amide bonds. The summed E-state index contributed by atoms with van der Waals surface area (Å²) < 4.78 is 12.4. The van der Waals surface area contributed by atoms with Gasteiger partial charge in [0.15, 0.2) is 0 Å². The number of rotatable bonds is 11. The molecule has 2 heterocycles. The molecule has 6 rings (SSSR count). The molecule has 1 atom stereocenters. The summed E-state index contributed by atoms with van der Waals surface area (Å²) in [6.45, 7) is 21.9. The number of anilines is 2. The van der Waals surface area contributed by atoms with Crippen molar-refractivity contribution < 1.29 is 14.3 Å². The molecule has 54 heavy (non-hydrogen) atoms. The predicted octanol–water partition coefficient (Wildman–Crippen LogP) is 11.7. The van der Waals surface area contributed by atoms with Gasteiger partial charge in [-0.2, -0.15) is 0 Å². The Hall–Kier alpha value is -4.71. The number of allylic oxidation sites excluding steroid dienone is 6. The molecule has 1 N–H and O–H groups in total. The van der Waals surface area contributed by atoms with Crippen molar-refractivity contribution in [2.45, 2.75) is 123 Å². The summed E-state index contributed by atoms with van der Waals surface area (Å²) in [6, 6.07) is 26.0. The van der Waals surface area contributed by atoms with Crippen LogP contribution in [0.2, 0.25) is 0 Å². The summed E-state index contributed by atoms with van der Waals surface area (Å²) in [5, 5.41) is 2.86. The van der Waals surface area contributed by atoms with E-state index in [2.05, 4.69) is 129 Å². The quantitative estimate of drug-likeness (QED) is 0.213. The Morgan fingerprint density at radius 1 is 0.852 bits per heavy atom. The van der Waals surface area contributed by atoms with E-state index in [1.54, 1.807) is 0 Å². The minimum absolute atomic E-state index is 0.0312. The van der Waals surface area contributed by atoms with E-state index in [1.165, 1.54) is 39.3 Å². The van der Waals surface area contributed by atoms with Crippen molar-refractivity contribution in [3.8, 4) is 5.75 Å². The summed E-state index contributed by atoms with van der Waals surface area (Å²) in [7, 11) is 0. The summed E-state index contributed by atoms with van der Waals surface area (Å²) >= 11 is 0. The van der Waals surface area contributed by atoms with E-state index in [4.69, 9.17) is 9.47 Å². The number of carbonyl (C=O) groups is 1. The molecular formula is C48H61N3O3. The average Bonchev–Trinajstić information content (AvgIpc) is 3.48. The molecule has 3 aliphatic rings. The third-order valence-electron chi connectivity index (χ3n) is 11.1. The number of ether oxygens (including phenoxy) is 2. The number of amides is 1. The molecule has 0 fully saturated rings.